The number of benzene rings is 12. The zero-order chi connectivity index (χ0) is 57.8. The predicted molar refractivity (Wildman–Crippen MR) is 370 cm³/mol. The van der Waals surface area contributed by atoms with Crippen LogP contribution >= 0.6 is 22.7 Å². The van der Waals surface area contributed by atoms with E-state index in [0.29, 0.717) is 11.6 Å². The molecule has 12 aromatic carbocycles. The summed E-state index contributed by atoms with van der Waals surface area (Å²) < 4.78 is 10.0. The van der Waals surface area contributed by atoms with Crippen molar-refractivity contribution in [2.75, 3.05) is 0 Å². The van der Waals surface area contributed by atoms with Crippen molar-refractivity contribution in [3.05, 3.63) is 291 Å². The Balaban J connectivity index is 0.754. The molecule has 0 atom stereocenters. The molecule has 6 heterocycles. The summed E-state index contributed by atoms with van der Waals surface area (Å²) >= 11 is 3.74. The van der Waals surface area contributed by atoms with Crippen LogP contribution in [0.3, 0.4) is 0 Å². The van der Waals surface area contributed by atoms with Gasteiger partial charge in [0.1, 0.15) is 0 Å². The molecule has 0 aliphatic carbocycles. The number of fused-ring (bicyclic) bond motifs is 14. The van der Waals surface area contributed by atoms with Crippen LogP contribution in [0.5, 0.6) is 0 Å². The van der Waals surface area contributed by atoms with Gasteiger partial charge in [0.2, 0.25) is 0 Å². The minimum atomic E-state index is 0.679. The van der Waals surface area contributed by atoms with Crippen molar-refractivity contribution in [2.45, 2.75) is 0 Å². The molecule has 0 saturated carbocycles. The highest BCUT2D eigenvalue weighted by Crippen LogP contribution is 2.49. The minimum Gasteiger partial charge on any atom is -0.308 e. The molecule has 410 valence electrons. The summed E-state index contributed by atoms with van der Waals surface area (Å²) in [4.78, 5) is 21.0. The number of thiophene rings is 2. The Morgan fingerprint density at radius 1 is 0.250 bits per heavy atom. The smallest absolute Gasteiger partial charge is 0.160 e. The Hall–Kier alpha value is -11.2. The lowest BCUT2D eigenvalue weighted by atomic mass is 9.95. The molecule has 0 spiro atoms. The number of rotatable bonds is 9. The summed E-state index contributed by atoms with van der Waals surface area (Å²) in [5, 5.41) is 9.97. The fraction of sp³-hybridized carbons (Fsp3) is 0. The van der Waals surface area contributed by atoms with Gasteiger partial charge in [0.25, 0.3) is 0 Å². The second-order valence-electron chi connectivity index (χ2n) is 22.5. The fourth-order valence-electron chi connectivity index (χ4n) is 13.2. The summed E-state index contributed by atoms with van der Waals surface area (Å²) in [6.07, 6.45) is 0. The van der Waals surface area contributed by atoms with Crippen molar-refractivity contribution in [3.8, 4) is 90.3 Å². The van der Waals surface area contributed by atoms with E-state index in [4.69, 9.17) is 19.9 Å². The lowest BCUT2D eigenvalue weighted by Crippen LogP contribution is -1.97. The lowest BCUT2D eigenvalue weighted by molar-refractivity contribution is 1.17. The topological polar surface area (TPSA) is 61.4 Å². The Kier molecular flexibility index (Phi) is 11.5. The number of para-hydroxylation sites is 2. The molecule has 0 radical (unpaired) electrons. The maximum Gasteiger partial charge on any atom is 0.160 e. The molecule has 0 amide bonds. The maximum absolute atomic E-state index is 5.31. The third-order valence-corrected chi connectivity index (χ3v) is 19.8. The van der Waals surface area contributed by atoms with Crippen LogP contribution in [0.4, 0.5) is 0 Å². The number of hydrogen-bond donors (Lipinski definition) is 0. The number of hydrogen-bond acceptors (Lipinski definition) is 6. The van der Waals surface area contributed by atoms with Gasteiger partial charge < -0.3 is 9.13 Å². The molecule has 0 N–H and O–H groups in total. The van der Waals surface area contributed by atoms with Crippen molar-refractivity contribution in [1.29, 1.82) is 0 Å². The van der Waals surface area contributed by atoms with Crippen molar-refractivity contribution in [2.24, 2.45) is 0 Å². The molecular weight excluding hydrogens is 1110 g/mol. The van der Waals surface area contributed by atoms with Crippen molar-refractivity contribution < 1.29 is 0 Å². The van der Waals surface area contributed by atoms with Crippen LogP contribution in [0.25, 0.3) is 174 Å². The van der Waals surface area contributed by atoms with Gasteiger partial charge in [-0.25, -0.2) is 19.9 Å². The average molecular weight is 1160 g/mol. The van der Waals surface area contributed by atoms with Gasteiger partial charge in [0.15, 0.2) is 11.6 Å². The molecule has 0 bridgehead atoms. The van der Waals surface area contributed by atoms with E-state index in [9.17, 15) is 0 Å². The summed E-state index contributed by atoms with van der Waals surface area (Å²) in [7, 11) is 0. The molecule has 0 fully saturated rings. The minimum absolute atomic E-state index is 0.679. The molecular formula is C80H48N6S2. The van der Waals surface area contributed by atoms with E-state index in [1.165, 1.54) is 84.0 Å². The molecule has 8 heteroatoms. The Morgan fingerprint density at radius 2 is 0.625 bits per heavy atom. The van der Waals surface area contributed by atoms with E-state index < -0.39 is 0 Å². The fourth-order valence-corrected chi connectivity index (χ4v) is 15.7. The van der Waals surface area contributed by atoms with Crippen molar-refractivity contribution in [1.82, 2.24) is 29.1 Å². The van der Waals surface area contributed by atoms with Gasteiger partial charge in [0.05, 0.1) is 54.2 Å². The number of aromatic nitrogens is 6. The van der Waals surface area contributed by atoms with Gasteiger partial charge in [-0.05, 0) is 90.0 Å². The molecule has 6 aromatic heterocycles. The first-order valence-electron chi connectivity index (χ1n) is 29.6. The monoisotopic (exact) mass is 1160 g/mol. The first-order valence-corrected chi connectivity index (χ1v) is 31.2. The Bertz CT molecular complexity index is 5710. The quantitative estimate of drug-likeness (QED) is 0.144. The molecule has 0 saturated heterocycles. The van der Waals surface area contributed by atoms with Gasteiger partial charge in [-0.1, -0.05) is 212 Å². The van der Waals surface area contributed by atoms with Crippen LogP contribution in [0.1, 0.15) is 0 Å². The molecule has 18 rings (SSSR count). The van der Waals surface area contributed by atoms with Crippen molar-refractivity contribution in [3.63, 3.8) is 0 Å². The first-order chi connectivity index (χ1) is 43.6. The van der Waals surface area contributed by atoms with Crippen LogP contribution in [-0.2, 0) is 0 Å². The second kappa shape index (κ2) is 20.2. The van der Waals surface area contributed by atoms with E-state index in [1.807, 2.05) is 40.9 Å². The van der Waals surface area contributed by atoms with Crippen molar-refractivity contribution >= 4 is 107 Å². The van der Waals surface area contributed by atoms with Crippen LogP contribution in [0.15, 0.2) is 291 Å². The highest BCUT2D eigenvalue weighted by Gasteiger charge is 2.24. The van der Waals surface area contributed by atoms with E-state index >= 15 is 0 Å². The van der Waals surface area contributed by atoms with Gasteiger partial charge in [-0.3, -0.25) is 0 Å². The zero-order valence-corrected chi connectivity index (χ0v) is 48.8. The predicted octanol–water partition coefficient (Wildman–Crippen LogP) is 21.9. The Labute approximate surface area is 513 Å². The second-order valence-corrected chi connectivity index (χ2v) is 24.6. The van der Waals surface area contributed by atoms with Crippen LogP contribution < -0.4 is 0 Å². The SMILES string of the molecule is c1ccc(-c2cc(-c3ccccc3)nc(-c3ccc(-n4c5ccccc5c5c(-c6ccc(-c7cc(-c8ccc(-n9c%10ccccc%10c%10ccc%11c%12ccccc%12sc%11c%109)cc8)nc(-c8ccccc8)n7)cc6)cc6c7ccccc7sc6c54)cc3)n2)cc1. The zero-order valence-electron chi connectivity index (χ0n) is 47.2. The molecule has 0 aliphatic rings. The van der Waals surface area contributed by atoms with E-state index in [2.05, 4.69) is 282 Å². The highest BCUT2D eigenvalue weighted by atomic mass is 32.1. The average Bonchev–Trinajstić information content (AvgIpc) is 1.66. The van der Waals surface area contributed by atoms with Crippen LogP contribution in [-0.4, -0.2) is 29.1 Å². The summed E-state index contributed by atoms with van der Waals surface area (Å²) in [5.74, 6) is 1.36. The molecule has 0 aliphatic heterocycles. The molecule has 18 aromatic rings. The summed E-state index contributed by atoms with van der Waals surface area (Å²) in [6, 6.07) is 104. The number of nitrogens with zero attached hydrogens (tertiary/aromatic N) is 6. The van der Waals surface area contributed by atoms with Gasteiger partial charge in [-0.15, -0.1) is 22.7 Å². The molecule has 88 heavy (non-hydrogen) atoms. The molecule has 6 nitrogen and oxygen atoms in total. The maximum atomic E-state index is 5.31. The first kappa shape index (κ1) is 50.2. The third-order valence-electron chi connectivity index (χ3n) is 17.4. The van der Waals surface area contributed by atoms with Crippen LogP contribution in [0, 0.1) is 0 Å². The standard InChI is InChI=1S/C80H48N6S2/c1-4-18-50(19-5-1)66-47-67(51-20-6-2-7-21-51)82-80(81-66)55-38-42-57(43-39-55)86-71-29-15-11-27-63(71)74-64(46-65-60-26-13-17-31-73(60)88-78(65)76(74)86)49-32-34-52(35-33-49)68-48-69(84-79(83-68)54-22-8-3-9-23-54)53-36-40-56(41-37-53)85-70-28-14-10-24-58(70)61-44-45-62-59-25-12-16-30-72(59)87-77(62)75(61)85/h1-48H. The Morgan fingerprint density at radius 3 is 1.18 bits per heavy atom. The van der Waals surface area contributed by atoms with Gasteiger partial charge in [0, 0.05) is 97.2 Å². The molecule has 0 unspecified atom stereocenters. The third kappa shape index (κ3) is 8.14. The lowest BCUT2D eigenvalue weighted by Gasteiger charge is -2.13. The van der Waals surface area contributed by atoms with E-state index in [1.54, 1.807) is 0 Å². The normalized spacial score (nSPS) is 11.9. The van der Waals surface area contributed by atoms with E-state index in [0.717, 1.165) is 78.6 Å². The summed E-state index contributed by atoms with van der Waals surface area (Å²) in [5.41, 5.74) is 18.7. The van der Waals surface area contributed by atoms with Gasteiger partial charge in [-0.2, -0.15) is 0 Å². The van der Waals surface area contributed by atoms with Gasteiger partial charge >= 0.3 is 0 Å². The summed E-state index contributed by atoms with van der Waals surface area (Å²) in [6.45, 7) is 0. The highest BCUT2D eigenvalue weighted by molar-refractivity contribution is 7.27. The van der Waals surface area contributed by atoms with Crippen LogP contribution in [0.2, 0.25) is 0 Å². The largest absolute Gasteiger partial charge is 0.308 e. The van der Waals surface area contributed by atoms with E-state index in [-0.39, 0.29) is 0 Å².